The second kappa shape index (κ2) is 10.3. The second-order valence-electron chi connectivity index (χ2n) is 12.5. The fourth-order valence-electron chi connectivity index (χ4n) is 7.36. The van der Waals surface area contributed by atoms with Crippen LogP contribution in [-0.4, -0.2) is 9.97 Å². The first-order valence-electron chi connectivity index (χ1n) is 16.3. The van der Waals surface area contributed by atoms with E-state index >= 15 is 0 Å². The average molecular weight is 661 g/mol. The van der Waals surface area contributed by atoms with E-state index in [9.17, 15) is 0 Å². The molecule has 7 aromatic carbocycles. The first kappa shape index (κ1) is 27.1. The van der Waals surface area contributed by atoms with Crippen LogP contribution < -0.4 is 0 Å². The highest BCUT2D eigenvalue weighted by molar-refractivity contribution is 7.26. The minimum Gasteiger partial charge on any atom is -0.436 e. The summed E-state index contributed by atoms with van der Waals surface area (Å²) in [6.45, 7) is 0. The van der Waals surface area contributed by atoms with Crippen LogP contribution in [0.5, 0.6) is 0 Å². The molecule has 0 amide bonds. The van der Waals surface area contributed by atoms with Gasteiger partial charge in [-0.25, -0.2) is 9.97 Å². The van der Waals surface area contributed by atoms with E-state index in [1.54, 1.807) is 0 Å². The van der Waals surface area contributed by atoms with E-state index in [4.69, 9.17) is 14.4 Å². The van der Waals surface area contributed by atoms with E-state index in [2.05, 4.69) is 146 Å². The average Bonchev–Trinajstić information content (AvgIpc) is 3.84. The van der Waals surface area contributed by atoms with Gasteiger partial charge in [0.25, 0.3) is 0 Å². The Balaban J connectivity index is 1.01. The Hall–Kier alpha value is -5.88. The maximum Gasteiger partial charge on any atom is 0.246 e. The Morgan fingerprint density at radius 3 is 1.73 bits per heavy atom. The van der Waals surface area contributed by atoms with Gasteiger partial charge in [0.2, 0.25) is 5.71 Å². The molecule has 3 nitrogen and oxygen atoms in total. The number of thiophene rings is 2. The molecule has 0 spiro atoms. The Labute approximate surface area is 288 Å². The van der Waals surface area contributed by atoms with Crippen LogP contribution in [-0.2, 0) is 0 Å². The highest BCUT2D eigenvalue weighted by Gasteiger charge is 2.16. The summed E-state index contributed by atoms with van der Waals surface area (Å²) >= 11 is 3.71. The molecule has 0 saturated carbocycles. The molecule has 0 aliphatic rings. The summed E-state index contributed by atoms with van der Waals surface area (Å²) in [4.78, 5) is 10.1. The van der Waals surface area contributed by atoms with Crippen molar-refractivity contribution in [1.82, 2.24) is 9.97 Å². The maximum atomic E-state index is 6.31. The van der Waals surface area contributed by atoms with E-state index in [-0.39, 0.29) is 0 Å². The summed E-state index contributed by atoms with van der Waals surface area (Å²) in [5.41, 5.74) is 10.9. The van der Waals surface area contributed by atoms with Crippen molar-refractivity contribution in [2.75, 3.05) is 0 Å². The number of hydrogen-bond donors (Lipinski definition) is 0. The van der Waals surface area contributed by atoms with Gasteiger partial charge < -0.3 is 4.42 Å². The number of aromatic nitrogens is 2. The largest absolute Gasteiger partial charge is 0.436 e. The van der Waals surface area contributed by atoms with Gasteiger partial charge in [-0.2, -0.15) is 0 Å². The summed E-state index contributed by atoms with van der Waals surface area (Å²) in [6.07, 6.45) is 0. The molecule has 0 saturated heterocycles. The van der Waals surface area contributed by atoms with Gasteiger partial charge in [0.05, 0.1) is 11.0 Å². The van der Waals surface area contributed by atoms with Crippen molar-refractivity contribution in [3.8, 4) is 33.4 Å². The molecular weight excluding hydrogens is 637 g/mol. The second-order valence-corrected chi connectivity index (χ2v) is 14.6. The third kappa shape index (κ3) is 4.13. The van der Waals surface area contributed by atoms with Gasteiger partial charge >= 0.3 is 0 Å². The molecular formula is C44H24N2OS2. The lowest BCUT2D eigenvalue weighted by Crippen LogP contribution is -1.87. The maximum absolute atomic E-state index is 6.31. The van der Waals surface area contributed by atoms with Gasteiger partial charge in [-0.05, 0) is 75.8 Å². The predicted octanol–water partition coefficient (Wildman–Crippen LogP) is 13.3. The molecule has 0 aliphatic carbocycles. The van der Waals surface area contributed by atoms with Crippen molar-refractivity contribution in [2.24, 2.45) is 0 Å². The van der Waals surface area contributed by atoms with Crippen LogP contribution in [0, 0.1) is 0 Å². The molecule has 11 rings (SSSR count). The molecule has 5 heteroatoms. The minimum absolute atomic E-state index is 0.557. The van der Waals surface area contributed by atoms with Crippen molar-refractivity contribution in [3.63, 3.8) is 0 Å². The monoisotopic (exact) mass is 660 g/mol. The SMILES string of the molecule is c1cc(-c2ccc3nc4c(nc3c2)oc2ccc(-c3cccc5c3sc3ccccc35)cc24)cc(-c2cccc3c2sc2ccccc23)c1. The van der Waals surface area contributed by atoms with E-state index in [1.165, 1.54) is 57.0 Å². The normalized spacial score (nSPS) is 12.1. The minimum atomic E-state index is 0.557. The summed E-state index contributed by atoms with van der Waals surface area (Å²) in [5.74, 6) is 0. The predicted molar refractivity (Wildman–Crippen MR) is 209 cm³/mol. The van der Waals surface area contributed by atoms with E-state index in [0.29, 0.717) is 5.71 Å². The lowest BCUT2D eigenvalue weighted by molar-refractivity contribution is 0.655. The van der Waals surface area contributed by atoms with Gasteiger partial charge in [-0.1, -0.05) is 103 Å². The quantitative estimate of drug-likeness (QED) is 0.189. The summed E-state index contributed by atoms with van der Waals surface area (Å²) in [7, 11) is 0. The fourth-order valence-corrected chi connectivity index (χ4v) is 9.83. The molecule has 0 radical (unpaired) electrons. The fraction of sp³-hybridized carbons (Fsp3) is 0. The van der Waals surface area contributed by atoms with Crippen LogP contribution in [0.2, 0.25) is 0 Å². The topological polar surface area (TPSA) is 38.9 Å². The molecule has 49 heavy (non-hydrogen) atoms. The van der Waals surface area contributed by atoms with Gasteiger partial charge in [0.15, 0.2) is 0 Å². The molecule has 4 aromatic heterocycles. The van der Waals surface area contributed by atoms with Crippen molar-refractivity contribution < 1.29 is 4.42 Å². The third-order valence-electron chi connectivity index (χ3n) is 9.70. The Morgan fingerprint density at radius 2 is 1.00 bits per heavy atom. The molecule has 0 atom stereocenters. The first-order chi connectivity index (χ1) is 24.2. The molecule has 0 unspecified atom stereocenters. The number of hydrogen-bond acceptors (Lipinski definition) is 5. The Bertz CT molecular complexity index is 3130. The first-order valence-corrected chi connectivity index (χ1v) is 17.9. The van der Waals surface area contributed by atoms with Gasteiger partial charge in [0.1, 0.15) is 11.1 Å². The van der Waals surface area contributed by atoms with Gasteiger partial charge in [0, 0.05) is 45.7 Å². The molecule has 0 aliphatic heterocycles. The number of rotatable bonds is 3. The Morgan fingerprint density at radius 1 is 0.408 bits per heavy atom. The molecule has 11 aromatic rings. The lowest BCUT2D eigenvalue weighted by atomic mass is 9.97. The number of nitrogens with zero attached hydrogens (tertiary/aromatic N) is 2. The zero-order valence-corrected chi connectivity index (χ0v) is 27.6. The van der Waals surface area contributed by atoms with Crippen molar-refractivity contribution in [1.29, 1.82) is 0 Å². The molecule has 4 heterocycles. The van der Waals surface area contributed by atoms with Crippen LogP contribution in [0.15, 0.2) is 150 Å². The van der Waals surface area contributed by atoms with Crippen LogP contribution in [0.4, 0.5) is 0 Å². The third-order valence-corrected chi connectivity index (χ3v) is 12.1. The van der Waals surface area contributed by atoms with Crippen LogP contribution in [0.1, 0.15) is 0 Å². The highest BCUT2D eigenvalue weighted by Crippen LogP contribution is 2.42. The van der Waals surface area contributed by atoms with Gasteiger partial charge in [-0.15, -0.1) is 22.7 Å². The van der Waals surface area contributed by atoms with Gasteiger partial charge in [-0.3, -0.25) is 0 Å². The standard InChI is InChI=1S/C44H24N2OS2/c1-3-16-39-31(10-1)33-14-6-12-29(42(33)48-39)27-9-5-8-25(22-27)26-18-20-36-37(24-26)46-44-41(45-36)35-23-28(19-21-38(35)47-44)30-13-7-15-34-32-11-2-4-17-40(32)49-43(30)34/h1-24H. The smallest absolute Gasteiger partial charge is 0.246 e. The zero-order valence-electron chi connectivity index (χ0n) is 26.0. The molecule has 228 valence electrons. The van der Waals surface area contributed by atoms with Crippen molar-refractivity contribution >= 4 is 96.3 Å². The summed E-state index contributed by atoms with van der Waals surface area (Å²) in [5, 5.41) is 6.20. The summed E-state index contributed by atoms with van der Waals surface area (Å²) < 4.78 is 11.5. The molecule has 0 bridgehead atoms. The van der Waals surface area contributed by atoms with E-state index < -0.39 is 0 Å². The number of furan rings is 1. The van der Waals surface area contributed by atoms with E-state index in [1.807, 2.05) is 22.7 Å². The number of fused-ring (bicyclic) bond motifs is 10. The van der Waals surface area contributed by atoms with Crippen LogP contribution >= 0.6 is 22.7 Å². The molecule has 0 N–H and O–H groups in total. The van der Waals surface area contributed by atoms with Crippen LogP contribution in [0.25, 0.3) is 107 Å². The lowest BCUT2D eigenvalue weighted by Gasteiger charge is -2.08. The van der Waals surface area contributed by atoms with Crippen molar-refractivity contribution in [2.45, 2.75) is 0 Å². The van der Waals surface area contributed by atoms with Crippen LogP contribution in [0.3, 0.4) is 0 Å². The summed E-state index contributed by atoms with van der Waals surface area (Å²) in [6, 6.07) is 52.1. The molecule has 0 fully saturated rings. The number of benzene rings is 7. The van der Waals surface area contributed by atoms with E-state index in [0.717, 1.165) is 44.2 Å². The highest BCUT2D eigenvalue weighted by atomic mass is 32.1. The zero-order chi connectivity index (χ0) is 32.1. The Kier molecular flexibility index (Phi) is 5.70. The van der Waals surface area contributed by atoms with Crippen molar-refractivity contribution in [3.05, 3.63) is 146 Å².